The summed E-state index contributed by atoms with van der Waals surface area (Å²) in [4.78, 5) is 0. The first-order valence-corrected chi connectivity index (χ1v) is 4.20. The Morgan fingerprint density at radius 3 is 2.91 bits per heavy atom. The predicted octanol–water partition coefficient (Wildman–Crippen LogP) is 1.49. The molecule has 0 aromatic heterocycles. The molecule has 1 aliphatic heterocycles. The molecule has 1 rings (SSSR count). The molecule has 2 atom stereocenters. The normalized spacial score (nSPS) is 32.8. The molecule has 2 heteroatoms. The van der Waals surface area contributed by atoms with E-state index in [9.17, 15) is 0 Å². The van der Waals surface area contributed by atoms with Gasteiger partial charge < -0.3 is 9.84 Å². The Kier molecular flexibility index (Phi) is 3.09. The second-order valence-electron chi connectivity index (χ2n) is 3.07. The summed E-state index contributed by atoms with van der Waals surface area (Å²) in [6.45, 7) is 4.67. The van der Waals surface area contributed by atoms with Crippen LogP contribution < -0.4 is 0 Å². The number of aliphatic hydroxyl groups excluding tert-OH is 1. The molecule has 0 aliphatic carbocycles. The van der Waals surface area contributed by atoms with Gasteiger partial charge in [-0.3, -0.25) is 0 Å². The van der Waals surface area contributed by atoms with Crippen LogP contribution in [0.4, 0.5) is 0 Å². The van der Waals surface area contributed by atoms with E-state index in [2.05, 4.69) is 19.9 Å². The number of aliphatic hydroxyl groups is 1. The minimum Gasteiger partial charge on any atom is -0.391 e. The van der Waals surface area contributed by atoms with Crippen molar-refractivity contribution < 1.29 is 9.84 Å². The van der Waals surface area contributed by atoms with Crippen LogP contribution in [0.5, 0.6) is 0 Å². The highest BCUT2D eigenvalue weighted by atomic mass is 16.5. The molecule has 0 aromatic rings. The fourth-order valence-electron chi connectivity index (χ4n) is 1.38. The van der Waals surface area contributed by atoms with Crippen LogP contribution in [0.15, 0.2) is 11.6 Å². The number of hydrogen-bond acceptors (Lipinski definition) is 2. The summed E-state index contributed by atoms with van der Waals surface area (Å²) in [5.41, 5.74) is 1.25. The second kappa shape index (κ2) is 3.88. The van der Waals surface area contributed by atoms with Gasteiger partial charge in [-0.05, 0) is 18.9 Å². The van der Waals surface area contributed by atoms with Gasteiger partial charge in [-0.2, -0.15) is 0 Å². The molecule has 0 bridgehead atoms. The fourth-order valence-corrected chi connectivity index (χ4v) is 1.38. The van der Waals surface area contributed by atoms with Crippen LogP contribution >= 0.6 is 0 Å². The Balaban J connectivity index is 2.43. The standard InChI is InChI=1S/C9H16O2/c1-3-4-7(2)9-5-8(10)6-11-9/h4,8-10H,3,5-6H2,1-2H3/b7-4+. The SMILES string of the molecule is CC/C=C(\C)C1CC(O)CO1. The largest absolute Gasteiger partial charge is 0.391 e. The number of hydrogen-bond donors (Lipinski definition) is 1. The molecular formula is C9H16O2. The Labute approximate surface area is 67.9 Å². The Morgan fingerprint density at radius 1 is 1.73 bits per heavy atom. The monoisotopic (exact) mass is 156 g/mol. The topological polar surface area (TPSA) is 29.5 Å². The van der Waals surface area contributed by atoms with Gasteiger partial charge in [0, 0.05) is 6.42 Å². The molecule has 0 radical (unpaired) electrons. The lowest BCUT2D eigenvalue weighted by molar-refractivity contribution is 0.103. The third kappa shape index (κ3) is 2.31. The maximum Gasteiger partial charge on any atom is 0.0809 e. The van der Waals surface area contributed by atoms with Crippen molar-refractivity contribution in [1.29, 1.82) is 0 Å². The van der Waals surface area contributed by atoms with E-state index in [0.29, 0.717) is 6.61 Å². The molecule has 0 spiro atoms. The van der Waals surface area contributed by atoms with Gasteiger partial charge in [0.1, 0.15) is 0 Å². The van der Waals surface area contributed by atoms with Crippen molar-refractivity contribution in [2.24, 2.45) is 0 Å². The molecule has 11 heavy (non-hydrogen) atoms. The summed E-state index contributed by atoms with van der Waals surface area (Å²) >= 11 is 0. The molecule has 1 fully saturated rings. The van der Waals surface area contributed by atoms with E-state index >= 15 is 0 Å². The van der Waals surface area contributed by atoms with Crippen molar-refractivity contribution in [1.82, 2.24) is 0 Å². The van der Waals surface area contributed by atoms with Crippen molar-refractivity contribution in [2.75, 3.05) is 6.61 Å². The Hall–Kier alpha value is -0.340. The van der Waals surface area contributed by atoms with Crippen molar-refractivity contribution >= 4 is 0 Å². The second-order valence-corrected chi connectivity index (χ2v) is 3.07. The number of ether oxygens (including phenoxy) is 1. The molecule has 64 valence electrons. The molecule has 0 aromatic carbocycles. The summed E-state index contributed by atoms with van der Waals surface area (Å²) < 4.78 is 5.36. The van der Waals surface area contributed by atoms with Gasteiger partial charge in [0.05, 0.1) is 18.8 Å². The van der Waals surface area contributed by atoms with Crippen molar-refractivity contribution in [3.05, 3.63) is 11.6 Å². The van der Waals surface area contributed by atoms with Gasteiger partial charge in [-0.25, -0.2) is 0 Å². The zero-order chi connectivity index (χ0) is 8.27. The molecule has 1 heterocycles. The van der Waals surface area contributed by atoms with Crippen LogP contribution in [0.2, 0.25) is 0 Å². The fraction of sp³-hybridized carbons (Fsp3) is 0.778. The predicted molar refractivity (Wildman–Crippen MR) is 44.4 cm³/mol. The summed E-state index contributed by atoms with van der Waals surface area (Å²) in [7, 11) is 0. The van der Waals surface area contributed by atoms with Gasteiger partial charge in [-0.1, -0.05) is 13.0 Å². The first kappa shape index (κ1) is 8.75. The first-order chi connectivity index (χ1) is 5.24. The minimum atomic E-state index is -0.250. The molecule has 2 unspecified atom stereocenters. The maximum atomic E-state index is 9.16. The zero-order valence-electron chi connectivity index (χ0n) is 7.21. The summed E-state index contributed by atoms with van der Waals surface area (Å²) in [6.07, 6.45) is 3.89. The van der Waals surface area contributed by atoms with E-state index in [1.165, 1.54) is 5.57 Å². The van der Waals surface area contributed by atoms with Gasteiger partial charge in [0.15, 0.2) is 0 Å². The molecule has 1 saturated heterocycles. The summed E-state index contributed by atoms with van der Waals surface area (Å²) in [6, 6.07) is 0. The molecule has 0 amide bonds. The van der Waals surface area contributed by atoms with E-state index in [-0.39, 0.29) is 12.2 Å². The highest BCUT2D eigenvalue weighted by molar-refractivity contribution is 5.06. The molecule has 1 aliphatic rings. The highest BCUT2D eigenvalue weighted by Crippen LogP contribution is 2.20. The van der Waals surface area contributed by atoms with Crippen molar-refractivity contribution in [2.45, 2.75) is 38.9 Å². The van der Waals surface area contributed by atoms with Crippen molar-refractivity contribution in [3.63, 3.8) is 0 Å². The van der Waals surface area contributed by atoms with E-state index < -0.39 is 0 Å². The third-order valence-electron chi connectivity index (χ3n) is 2.01. The van der Waals surface area contributed by atoms with Gasteiger partial charge in [0.2, 0.25) is 0 Å². The lowest BCUT2D eigenvalue weighted by Gasteiger charge is -2.08. The number of allylic oxidation sites excluding steroid dienone is 1. The number of rotatable bonds is 2. The average Bonchev–Trinajstić information content (AvgIpc) is 2.36. The smallest absolute Gasteiger partial charge is 0.0809 e. The van der Waals surface area contributed by atoms with E-state index in [4.69, 9.17) is 9.84 Å². The Morgan fingerprint density at radius 2 is 2.45 bits per heavy atom. The van der Waals surface area contributed by atoms with E-state index in [1.807, 2.05) is 0 Å². The lowest BCUT2D eigenvalue weighted by Crippen LogP contribution is -2.07. The Bertz CT molecular complexity index is 152. The molecule has 0 saturated carbocycles. The van der Waals surface area contributed by atoms with Gasteiger partial charge in [-0.15, -0.1) is 0 Å². The average molecular weight is 156 g/mol. The zero-order valence-corrected chi connectivity index (χ0v) is 7.21. The molecule has 2 nitrogen and oxygen atoms in total. The summed E-state index contributed by atoms with van der Waals surface area (Å²) in [5.74, 6) is 0. The summed E-state index contributed by atoms with van der Waals surface area (Å²) in [5, 5.41) is 9.16. The van der Waals surface area contributed by atoms with Crippen LogP contribution in [-0.4, -0.2) is 23.9 Å². The highest BCUT2D eigenvalue weighted by Gasteiger charge is 2.23. The van der Waals surface area contributed by atoms with Crippen molar-refractivity contribution in [3.8, 4) is 0 Å². The van der Waals surface area contributed by atoms with Gasteiger partial charge >= 0.3 is 0 Å². The molecular weight excluding hydrogens is 140 g/mol. The van der Waals surface area contributed by atoms with E-state index in [0.717, 1.165) is 12.8 Å². The van der Waals surface area contributed by atoms with Crippen LogP contribution in [0.25, 0.3) is 0 Å². The maximum absolute atomic E-state index is 9.16. The van der Waals surface area contributed by atoms with E-state index in [1.54, 1.807) is 0 Å². The quantitative estimate of drug-likeness (QED) is 0.614. The lowest BCUT2D eigenvalue weighted by atomic mass is 10.1. The van der Waals surface area contributed by atoms with Gasteiger partial charge in [0.25, 0.3) is 0 Å². The minimum absolute atomic E-state index is 0.171. The third-order valence-corrected chi connectivity index (χ3v) is 2.01. The molecule has 1 N–H and O–H groups in total. The van der Waals surface area contributed by atoms with Crippen LogP contribution in [0, 0.1) is 0 Å². The van der Waals surface area contributed by atoms with Crippen LogP contribution in [0.3, 0.4) is 0 Å². The van der Waals surface area contributed by atoms with Crippen LogP contribution in [0.1, 0.15) is 26.7 Å². The first-order valence-electron chi connectivity index (χ1n) is 4.20. The van der Waals surface area contributed by atoms with Crippen LogP contribution in [-0.2, 0) is 4.74 Å².